The van der Waals surface area contributed by atoms with Crippen LogP contribution in [0.3, 0.4) is 0 Å². The Balaban J connectivity index is 2.29. The molecular formula is C10H13F3N6. The SMILES string of the molecule is CC(C)n1cnnc1Nc1cc(C(F)(F)F)nn1C. The van der Waals surface area contributed by atoms with Gasteiger partial charge in [-0.15, -0.1) is 10.2 Å². The van der Waals surface area contributed by atoms with Crippen molar-refractivity contribution in [2.45, 2.75) is 26.1 Å². The Morgan fingerprint density at radius 3 is 2.53 bits per heavy atom. The number of hydrogen-bond acceptors (Lipinski definition) is 4. The van der Waals surface area contributed by atoms with Crippen molar-refractivity contribution in [3.63, 3.8) is 0 Å². The average Bonchev–Trinajstić information content (AvgIpc) is 2.86. The summed E-state index contributed by atoms with van der Waals surface area (Å²) in [6.45, 7) is 3.83. The van der Waals surface area contributed by atoms with E-state index in [-0.39, 0.29) is 11.9 Å². The minimum atomic E-state index is -4.47. The number of hydrogen-bond donors (Lipinski definition) is 1. The van der Waals surface area contributed by atoms with Crippen molar-refractivity contribution >= 4 is 11.8 Å². The summed E-state index contributed by atoms with van der Waals surface area (Å²) < 4.78 is 40.4. The molecule has 104 valence electrons. The lowest BCUT2D eigenvalue weighted by Crippen LogP contribution is -2.08. The lowest BCUT2D eigenvalue weighted by atomic mass is 10.4. The molecule has 2 aromatic rings. The highest BCUT2D eigenvalue weighted by molar-refractivity contribution is 5.49. The van der Waals surface area contributed by atoms with Gasteiger partial charge in [0.2, 0.25) is 5.95 Å². The normalized spacial score (nSPS) is 12.2. The van der Waals surface area contributed by atoms with Gasteiger partial charge >= 0.3 is 6.18 Å². The first-order valence-corrected chi connectivity index (χ1v) is 5.57. The number of rotatable bonds is 3. The zero-order valence-corrected chi connectivity index (χ0v) is 10.6. The minimum Gasteiger partial charge on any atom is -0.309 e. The van der Waals surface area contributed by atoms with Crippen LogP contribution in [0.5, 0.6) is 0 Å². The van der Waals surface area contributed by atoms with Crippen LogP contribution in [0.25, 0.3) is 0 Å². The Bertz CT molecular complexity index is 568. The zero-order chi connectivity index (χ0) is 14.2. The molecule has 0 spiro atoms. The van der Waals surface area contributed by atoms with Gasteiger partial charge in [-0.05, 0) is 13.8 Å². The summed E-state index contributed by atoms with van der Waals surface area (Å²) in [6.07, 6.45) is -2.96. The van der Waals surface area contributed by atoms with E-state index in [0.29, 0.717) is 5.95 Å². The van der Waals surface area contributed by atoms with Crippen LogP contribution < -0.4 is 5.32 Å². The maximum atomic E-state index is 12.5. The summed E-state index contributed by atoms with van der Waals surface area (Å²) in [6, 6.07) is 1.02. The van der Waals surface area contributed by atoms with Crippen molar-refractivity contribution < 1.29 is 13.2 Å². The molecule has 0 radical (unpaired) electrons. The van der Waals surface area contributed by atoms with E-state index in [4.69, 9.17) is 0 Å². The van der Waals surface area contributed by atoms with Gasteiger partial charge in [0.15, 0.2) is 5.69 Å². The lowest BCUT2D eigenvalue weighted by Gasteiger charge is -2.11. The van der Waals surface area contributed by atoms with Crippen LogP contribution in [-0.2, 0) is 13.2 Å². The summed E-state index contributed by atoms with van der Waals surface area (Å²) in [7, 11) is 1.42. The first-order chi connectivity index (χ1) is 8.79. The average molecular weight is 274 g/mol. The monoisotopic (exact) mass is 274 g/mol. The van der Waals surface area contributed by atoms with Crippen molar-refractivity contribution in [1.82, 2.24) is 24.5 Å². The van der Waals surface area contributed by atoms with Gasteiger partial charge in [-0.3, -0.25) is 9.25 Å². The molecule has 1 N–H and O–H groups in total. The first-order valence-electron chi connectivity index (χ1n) is 5.57. The van der Waals surface area contributed by atoms with Crippen LogP contribution in [0.1, 0.15) is 25.6 Å². The van der Waals surface area contributed by atoms with Crippen molar-refractivity contribution in [3.05, 3.63) is 18.1 Å². The number of alkyl halides is 3. The van der Waals surface area contributed by atoms with Gasteiger partial charge in [0.05, 0.1) is 0 Å². The first kappa shape index (κ1) is 13.4. The Hall–Kier alpha value is -2.06. The van der Waals surface area contributed by atoms with Crippen LogP contribution in [-0.4, -0.2) is 24.5 Å². The number of halogens is 3. The molecule has 2 heterocycles. The molecule has 0 saturated heterocycles. The molecule has 0 aliphatic rings. The highest BCUT2D eigenvalue weighted by Gasteiger charge is 2.34. The van der Waals surface area contributed by atoms with Crippen molar-refractivity contribution in [2.24, 2.45) is 7.05 Å². The van der Waals surface area contributed by atoms with E-state index in [1.165, 1.54) is 13.4 Å². The van der Waals surface area contributed by atoms with Crippen LogP contribution in [0.4, 0.5) is 24.9 Å². The Labute approximate surface area is 107 Å². The highest BCUT2D eigenvalue weighted by atomic mass is 19.4. The second-order valence-electron chi connectivity index (χ2n) is 4.32. The smallest absolute Gasteiger partial charge is 0.309 e. The quantitative estimate of drug-likeness (QED) is 0.933. The molecule has 0 bridgehead atoms. The summed E-state index contributed by atoms with van der Waals surface area (Å²) in [5, 5.41) is 13.7. The second kappa shape index (κ2) is 4.56. The molecule has 19 heavy (non-hydrogen) atoms. The van der Waals surface area contributed by atoms with Crippen LogP contribution in [0.2, 0.25) is 0 Å². The summed E-state index contributed by atoms with van der Waals surface area (Å²) in [5.41, 5.74) is -0.951. The molecule has 0 saturated carbocycles. The molecular weight excluding hydrogens is 261 g/mol. The Kier molecular flexibility index (Phi) is 3.21. The van der Waals surface area contributed by atoms with Gasteiger partial charge < -0.3 is 5.32 Å². The summed E-state index contributed by atoms with van der Waals surface area (Å²) >= 11 is 0. The van der Waals surface area contributed by atoms with Gasteiger partial charge in [-0.1, -0.05) is 0 Å². The van der Waals surface area contributed by atoms with Gasteiger partial charge in [0.1, 0.15) is 12.1 Å². The third kappa shape index (κ3) is 2.69. The third-order valence-corrected chi connectivity index (χ3v) is 2.54. The second-order valence-corrected chi connectivity index (χ2v) is 4.32. The molecule has 0 aromatic carbocycles. The topological polar surface area (TPSA) is 60.6 Å². The predicted molar refractivity (Wildman–Crippen MR) is 61.9 cm³/mol. The fraction of sp³-hybridized carbons (Fsp3) is 0.500. The minimum absolute atomic E-state index is 0.0906. The number of anilines is 2. The molecule has 0 aliphatic heterocycles. The summed E-state index contributed by atoms with van der Waals surface area (Å²) in [5.74, 6) is 0.564. The van der Waals surface area contributed by atoms with Crippen LogP contribution >= 0.6 is 0 Å². The number of aromatic nitrogens is 5. The maximum Gasteiger partial charge on any atom is 0.435 e. The molecule has 2 rings (SSSR count). The molecule has 0 aliphatic carbocycles. The molecule has 0 amide bonds. The standard InChI is InChI=1S/C10H13F3N6/c1-6(2)19-5-14-16-9(19)15-8-4-7(10(11,12)13)17-18(8)3/h4-6H,1-3H3,(H,15,16). The van der Waals surface area contributed by atoms with Gasteiger partial charge in [-0.2, -0.15) is 18.3 Å². The molecule has 0 atom stereocenters. The lowest BCUT2D eigenvalue weighted by molar-refractivity contribution is -0.141. The van der Waals surface area contributed by atoms with Gasteiger partial charge in [0, 0.05) is 19.2 Å². The van der Waals surface area contributed by atoms with E-state index in [1.807, 2.05) is 13.8 Å². The van der Waals surface area contributed by atoms with E-state index < -0.39 is 11.9 Å². The highest BCUT2D eigenvalue weighted by Crippen LogP contribution is 2.30. The van der Waals surface area contributed by atoms with E-state index in [9.17, 15) is 13.2 Å². The number of aryl methyl sites for hydroxylation is 1. The van der Waals surface area contributed by atoms with E-state index in [0.717, 1.165) is 10.7 Å². The van der Waals surface area contributed by atoms with E-state index >= 15 is 0 Å². The molecule has 0 fully saturated rings. The summed E-state index contributed by atoms with van der Waals surface area (Å²) in [4.78, 5) is 0. The number of nitrogens with one attached hydrogen (secondary N) is 1. The van der Waals surface area contributed by atoms with E-state index in [2.05, 4.69) is 20.6 Å². The molecule has 9 heteroatoms. The molecule has 0 unspecified atom stereocenters. The third-order valence-electron chi connectivity index (χ3n) is 2.54. The van der Waals surface area contributed by atoms with Crippen molar-refractivity contribution in [3.8, 4) is 0 Å². The van der Waals surface area contributed by atoms with E-state index in [1.54, 1.807) is 4.57 Å². The van der Waals surface area contributed by atoms with Gasteiger partial charge in [0.25, 0.3) is 0 Å². The zero-order valence-electron chi connectivity index (χ0n) is 10.6. The van der Waals surface area contributed by atoms with Crippen LogP contribution in [0, 0.1) is 0 Å². The Morgan fingerprint density at radius 1 is 1.32 bits per heavy atom. The largest absolute Gasteiger partial charge is 0.435 e. The molecule has 6 nitrogen and oxygen atoms in total. The molecule has 2 aromatic heterocycles. The predicted octanol–water partition coefficient (Wildman–Crippen LogP) is 2.35. The van der Waals surface area contributed by atoms with Gasteiger partial charge in [-0.25, -0.2) is 0 Å². The fourth-order valence-electron chi connectivity index (χ4n) is 1.55. The Morgan fingerprint density at radius 2 is 2.00 bits per heavy atom. The van der Waals surface area contributed by atoms with Crippen molar-refractivity contribution in [1.29, 1.82) is 0 Å². The van der Waals surface area contributed by atoms with Crippen molar-refractivity contribution in [2.75, 3.05) is 5.32 Å². The van der Waals surface area contributed by atoms with Crippen LogP contribution in [0.15, 0.2) is 12.4 Å². The fourth-order valence-corrected chi connectivity index (χ4v) is 1.55. The maximum absolute atomic E-state index is 12.5. The number of nitrogens with zero attached hydrogens (tertiary/aromatic N) is 5.